The lowest BCUT2D eigenvalue weighted by molar-refractivity contribution is -0.132. The minimum Gasteiger partial charge on any atom is -0.272 e. The normalized spacial score (nSPS) is 22.6. The minimum atomic E-state index is -3.41. The van der Waals surface area contributed by atoms with E-state index in [4.69, 9.17) is 6.42 Å². The molecule has 0 aromatic carbocycles. The summed E-state index contributed by atoms with van der Waals surface area (Å²) in [5.74, 6) is 2.06. The first-order valence-corrected chi connectivity index (χ1v) is 5.80. The average molecular weight is 215 g/mol. The van der Waals surface area contributed by atoms with Gasteiger partial charge in [-0.2, -0.15) is 0 Å². The molecule has 1 heterocycles. The Bertz CT molecular complexity index is 389. The number of carbonyl (C=O) groups excluding carboxylic acids is 1. The van der Waals surface area contributed by atoms with E-state index >= 15 is 0 Å². The Morgan fingerprint density at radius 1 is 1.50 bits per heavy atom. The molecule has 1 aliphatic heterocycles. The third-order valence-corrected chi connectivity index (χ3v) is 4.75. The van der Waals surface area contributed by atoms with Gasteiger partial charge in [-0.05, 0) is 20.3 Å². The largest absolute Gasteiger partial charge is 0.272 e. The van der Waals surface area contributed by atoms with E-state index in [1.165, 1.54) is 13.8 Å². The molecule has 1 saturated heterocycles. The highest BCUT2D eigenvalue weighted by atomic mass is 32.2. The lowest BCUT2D eigenvalue weighted by Gasteiger charge is -2.42. The monoisotopic (exact) mass is 215 g/mol. The molecule has 5 heteroatoms. The van der Waals surface area contributed by atoms with Crippen molar-refractivity contribution in [2.75, 3.05) is 6.54 Å². The van der Waals surface area contributed by atoms with Gasteiger partial charge >= 0.3 is 0 Å². The summed E-state index contributed by atoms with van der Waals surface area (Å²) >= 11 is 0. The van der Waals surface area contributed by atoms with Crippen molar-refractivity contribution < 1.29 is 13.2 Å². The maximum absolute atomic E-state index is 11.5. The Morgan fingerprint density at radius 2 is 2.07 bits per heavy atom. The summed E-state index contributed by atoms with van der Waals surface area (Å²) < 4.78 is 22.7. The van der Waals surface area contributed by atoms with Gasteiger partial charge in [-0.15, -0.1) is 12.3 Å². The smallest absolute Gasteiger partial charge is 0.258 e. The fraction of sp³-hybridized carbons (Fsp3) is 0.667. The Kier molecular flexibility index (Phi) is 2.59. The number of amides is 1. The van der Waals surface area contributed by atoms with E-state index in [1.807, 2.05) is 0 Å². The predicted octanol–water partition coefficient (Wildman–Crippen LogP) is 0.350. The molecule has 0 aliphatic carbocycles. The fourth-order valence-electron chi connectivity index (χ4n) is 1.30. The molecule has 0 atom stereocenters. The van der Waals surface area contributed by atoms with Crippen LogP contribution in [0.1, 0.15) is 26.7 Å². The van der Waals surface area contributed by atoms with Crippen LogP contribution in [0.15, 0.2) is 0 Å². The molecule has 0 aromatic heterocycles. The maximum atomic E-state index is 11.5. The van der Waals surface area contributed by atoms with Gasteiger partial charge in [-0.3, -0.25) is 4.79 Å². The second-order valence-corrected chi connectivity index (χ2v) is 6.11. The molecule has 0 spiro atoms. The summed E-state index contributed by atoms with van der Waals surface area (Å²) in [5, 5.41) is 0. The maximum Gasteiger partial charge on any atom is 0.258 e. The first-order chi connectivity index (χ1) is 6.35. The Morgan fingerprint density at radius 3 is 2.50 bits per heavy atom. The zero-order valence-electron chi connectivity index (χ0n) is 8.28. The van der Waals surface area contributed by atoms with Gasteiger partial charge in [-0.25, -0.2) is 12.7 Å². The Balaban J connectivity index is 2.68. The highest BCUT2D eigenvalue weighted by Crippen LogP contribution is 2.34. The van der Waals surface area contributed by atoms with Crippen molar-refractivity contribution >= 4 is 15.9 Å². The van der Waals surface area contributed by atoms with Gasteiger partial charge in [-0.1, -0.05) is 0 Å². The molecule has 14 heavy (non-hydrogen) atoms. The lowest BCUT2D eigenvalue weighted by Crippen LogP contribution is -2.67. The SMILES string of the molecule is C#CCCCN1C(=O)C(C)(C)S1(=O)=O. The molecular weight excluding hydrogens is 202 g/mol. The highest BCUT2D eigenvalue weighted by Gasteiger charge is 2.59. The molecule has 1 rings (SSSR count). The zero-order valence-corrected chi connectivity index (χ0v) is 9.10. The van der Waals surface area contributed by atoms with Gasteiger partial charge in [0.15, 0.2) is 4.75 Å². The molecular formula is C9H13NO3S. The van der Waals surface area contributed by atoms with Crippen LogP contribution in [0, 0.1) is 12.3 Å². The van der Waals surface area contributed by atoms with Crippen molar-refractivity contribution in [2.24, 2.45) is 0 Å². The summed E-state index contributed by atoms with van der Waals surface area (Å²) in [6, 6.07) is 0. The van der Waals surface area contributed by atoms with Crippen LogP contribution in [0.4, 0.5) is 0 Å². The van der Waals surface area contributed by atoms with E-state index in [1.54, 1.807) is 0 Å². The number of hydrogen-bond donors (Lipinski definition) is 0. The Labute approximate surface area is 84.3 Å². The van der Waals surface area contributed by atoms with Crippen molar-refractivity contribution in [3.8, 4) is 12.3 Å². The van der Waals surface area contributed by atoms with Crippen LogP contribution < -0.4 is 0 Å². The molecule has 0 aromatic rings. The van der Waals surface area contributed by atoms with Crippen LogP contribution in [0.2, 0.25) is 0 Å². The molecule has 1 fully saturated rings. The second-order valence-electron chi connectivity index (χ2n) is 3.70. The van der Waals surface area contributed by atoms with Gasteiger partial charge in [0.2, 0.25) is 0 Å². The number of rotatable bonds is 3. The number of sulfonamides is 1. The molecule has 1 aliphatic rings. The lowest BCUT2D eigenvalue weighted by atomic mass is 10.2. The van der Waals surface area contributed by atoms with Crippen LogP contribution in [0.3, 0.4) is 0 Å². The van der Waals surface area contributed by atoms with Crippen LogP contribution in [0.5, 0.6) is 0 Å². The fourth-order valence-corrected chi connectivity index (χ4v) is 2.87. The van der Waals surface area contributed by atoms with E-state index in [-0.39, 0.29) is 12.5 Å². The van der Waals surface area contributed by atoms with E-state index in [0.29, 0.717) is 12.8 Å². The van der Waals surface area contributed by atoms with Crippen LogP contribution in [-0.2, 0) is 14.8 Å². The first-order valence-electron chi connectivity index (χ1n) is 4.36. The van der Waals surface area contributed by atoms with Crippen molar-refractivity contribution in [3.05, 3.63) is 0 Å². The van der Waals surface area contributed by atoms with Crippen molar-refractivity contribution in [1.29, 1.82) is 0 Å². The molecule has 1 amide bonds. The molecule has 0 radical (unpaired) electrons. The number of hydrogen-bond acceptors (Lipinski definition) is 3. The van der Waals surface area contributed by atoms with E-state index in [0.717, 1.165) is 4.31 Å². The van der Waals surface area contributed by atoms with Crippen LogP contribution in [0.25, 0.3) is 0 Å². The summed E-state index contributed by atoms with van der Waals surface area (Å²) in [5.41, 5.74) is 0. The van der Waals surface area contributed by atoms with E-state index < -0.39 is 14.8 Å². The summed E-state index contributed by atoms with van der Waals surface area (Å²) in [7, 11) is -3.41. The second kappa shape index (κ2) is 3.28. The molecule has 0 bridgehead atoms. The van der Waals surface area contributed by atoms with E-state index in [2.05, 4.69) is 5.92 Å². The van der Waals surface area contributed by atoms with Gasteiger partial charge in [0, 0.05) is 13.0 Å². The number of terminal acetylenes is 1. The number of unbranched alkanes of at least 4 members (excludes halogenated alkanes) is 1. The van der Waals surface area contributed by atoms with Crippen molar-refractivity contribution in [2.45, 2.75) is 31.4 Å². The zero-order chi connectivity index (χ0) is 11.0. The highest BCUT2D eigenvalue weighted by molar-refractivity contribution is 7.94. The number of carbonyl (C=O) groups is 1. The third-order valence-electron chi connectivity index (χ3n) is 2.36. The minimum absolute atomic E-state index is 0.203. The van der Waals surface area contributed by atoms with E-state index in [9.17, 15) is 13.2 Å². The third kappa shape index (κ3) is 1.30. The van der Waals surface area contributed by atoms with Crippen molar-refractivity contribution in [1.82, 2.24) is 4.31 Å². The molecule has 0 saturated carbocycles. The molecule has 0 N–H and O–H groups in total. The standard InChI is InChI=1S/C9H13NO3S/c1-4-5-6-7-10-8(11)9(2,3)14(10,12)13/h1H,5-7H2,2-3H3. The van der Waals surface area contributed by atoms with Gasteiger partial charge < -0.3 is 0 Å². The molecule has 0 unspecified atom stereocenters. The van der Waals surface area contributed by atoms with Gasteiger partial charge in [0.1, 0.15) is 0 Å². The quantitative estimate of drug-likeness (QED) is 0.504. The predicted molar refractivity (Wildman–Crippen MR) is 52.8 cm³/mol. The molecule has 4 nitrogen and oxygen atoms in total. The first kappa shape index (κ1) is 11.1. The van der Waals surface area contributed by atoms with Gasteiger partial charge in [0.05, 0.1) is 0 Å². The summed E-state index contributed by atoms with van der Waals surface area (Å²) in [4.78, 5) is 11.4. The summed E-state index contributed by atoms with van der Waals surface area (Å²) in [6.07, 6.45) is 6.04. The summed E-state index contributed by atoms with van der Waals surface area (Å²) in [6.45, 7) is 3.04. The van der Waals surface area contributed by atoms with Gasteiger partial charge in [0.25, 0.3) is 15.9 Å². The van der Waals surface area contributed by atoms with Crippen molar-refractivity contribution in [3.63, 3.8) is 0 Å². The number of nitrogens with zero attached hydrogens (tertiary/aromatic N) is 1. The molecule has 78 valence electrons. The Hall–Kier alpha value is -1.02. The van der Waals surface area contributed by atoms with Crippen LogP contribution >= 0.6 is 0 Å². The topological polar surface area (TPSA) is 54.5 Å². The average Bonchev–Trinajstić information content (AvgIpc) is 2.11. The van der Waals surface area contributed by atoms with Crippen LogP contribution in [-0.4, -0.2) is 29.9 Å².